The maximum Gasteiger partial charge on any atom is 0.303 e. The maximum absolute atomic E-state index is 12.8. The van der Waals surface area contributed by atoms with Crippen LogP contribution >= 0.6 is 0 Å². The van der Waals surface area contributed by atoms with Crippen LogP contribution in [0.3, 0.4) is 0 Å². The third-order valence-corrected chi connectivity index (χ3v) is 8.01. The molecular weight excluding hydrogens is 338 g/mol. The van der Waals surface area contributed by atoms with Gasteiger partial charge in [-0.2, -0.15) is 0 Å². The fourth-order valence-corrected chi connectivity index (χ4v) is 6.50. The van der Waals surface area contributed by atoms with Crippen LogP contribution in [0, 0.1) is 28.6 Å². The first kappa shape index (κ1) is 18.4. The summed E-state index contributed by atoms with van der Waals surface area (Å²) < 4.78 is 0. The van der Waals surface area contributed by atoms with Crippen molar-refractivity contribution >= 4 is 17.3 Å². The monoisotopic (exact) mass is 367 g/mol. The number of hydrogen-bond acceptors (Lipinski definition) is 3. The van der Waals surface area contributed by atoms with Gasteiger partial charge < -0.3 is 5.11 Å². The number of nitrogens with zero attached hydrogens (tertiary/aromatic N) is 1. The van der Waals surface area contributed by atoms with Crippen molar-refractivity contribution in [2.75, 3.05) is 0 Å². The zero-order chi connectivity index (χ0) is 19.2. The van der Waals surface area contributed by atoms with E-state index >= 15 is 0 Å². The Morgan fingerprint density at radius 3 is 2.81 bits per heavy atom. The molecular formula is C23H29NO3. The first-order valence-corrected chi connectivity index (χ1v) is 10.2. The molecule has 0 radical (unpaired) electrons. The Balaban J connectivity index is 1.62. The Morgan fingerprint density at radius 2 is 2.11 bits per heavy atom. The van der Waals surface area contributed by atoms with Crippen molar-refractivity contribution in [1.29, 1.82) is 0 Å². The van der Waals surface area contributed by atoms with E-state index in [1.807, 2.05) is 25.4 Å². The number of rotatable bonds is 4. The van der Waals surface area contributed by atoms with Crippen LogP contribution in [0.1, 0.15) is 64.4 Å². The summed E-state index contributed by atoms with van der Waals surface area (Å²) in [5, 5.41) is 9.17. The minimum atomic E-state index is -0.798. The van der Waals surface area contributed by atoms with E-state index in [9.17, 15) is 9.59 Å². The Morgan fingerprint density at radius 1 is 1.30 bits per heavy atom. The minimum Gasteiger partial charge on any atom is -0.481 e. The van der Waals surface area contributed by atoms with Crippen LogP contribution in [-0.4, -0.2) is 21.8 Å². The number of hydrogen-bond donors (Lipinski definition) is 1. The zero-order valence-corrected chi connectivity index (χ0v) is 16.3. The molecule has 1 aromatic rings. The maximum atomic E-state index is 12.8. The van der Waals surface area contributed by atoms with Crippen LogP contribution in [0.4, 0.5) is 0 Å². The molecule has 0 aromatic carbocycles. The molecule has 0 spiro atoms. The number of carbonyl (C=O) groups is 2. The molecule has 0 unspecified atom stereocenters. The molecule has 2 fully saturated rings. The number of carbonyl (C=O) groups excluding carboxylic acids is 1. The summed E-state index contributed by atoms with van der Waals surface area (Å²) in [6.07, 6.45) is 11.4. The van der Waals surface area contributed by atoms with Gasteiger partial charge in [-0.15, -0.1) is 0 Å². The van der Waals surface area contributed by atoms with E-state index in [0.29, 0.717) is 30.6 Å². The van der Waals surface area contributed by atoms with Gasteiger partial charge in [0.25, 0.3) is 0 Å². The van der Waals surface area contributed by atoms with Crippen LogP contribution in [0.25, 0.3) is 5.57 Å². The number of fused-ring (bicyclic) bond motifs is 3. The number of aliphatic carboxylic acids is 1. The van der Waals surface area contributed by atoms with Crippen LogP contribution in [0.15, 0.2) is 30.6 Å². The minimum absolute atomic E-state index is 0.0899. The smallest absolute Gasteiger partial charge is 0.303 e. The van der Waals surface area contributed by atoms with E-state index in [1.165, 1.54) is 11.1 Å². The van der Waals surface area contributed by atoms with E-state index in [4.69, 9.17) is 5.11 Å². The molecule has 1 heterocycles. The number of Topliss-reactive ketones (excluding diaryl/α,β-unsaturated/α-hetero) is 1. The lowest BCUT2D eigenvalue weighted by atomic mass is 9.48. The van der Waals surface area contributed by atoms with Crippen molar-refractivity contribution in [3.8, 4) is 0 Å². The van der Waals surface area contributed by atoms with Crippen LogP contribution in [0.5, 0.6) is 0 Å². The SMILES string of the molecule is C[C@]1(CCC(=O)O)C(=O)CC[C@H]2[C@@H]1CC[C@]1(C)C(c3cccnc3)=CC[C@@H]21. The number of aromatic nitrogens is 1. The van der Waals surface area contributed by atoms with Gasteiger partial charge in [-0.05, 0) is 72.5 Å². The van der Waals surface area contributed by atoms with Gasteiger partial charge >= 0.3 is 5.97 Å². The molecule has 0 bridgehead atoms. The van der Waals surface area contributed by atoms with Gasteiger partial charge in [0.2, 0.25) is 0 Å². The standard InChI is InChI=1S/C23H29NO3/c1-22-11-9-19-16(5-8-20(25)23(19,2)12-10-21(26)27)18(22)7-6-17(22)15-4-3-13-24-14-15/h3-4,6,13-14,16,18-19H,5,7-12H2,1-2H3,(H,26,27)/t16-,18+,19+,22-,23-/m1/s1. The molecule has 0 amide bonds. The normalized spacial score (nSPS) is 38.1. The molecule has 5 atom stereocenters. The molecule has 3 aliphatic carbocycles. The van der Waals surface area contributed by atoms with E-state index in [-0.39, 0.29) is 17.6 Å². The van der Waals surface area contributed by atoms with Gasteiger partial charge in [-0.1, -0.05) is 26.0 Å². The lowest BCUT2D eigenvalue weighted by Crippen LogP contribution is -2.51. The van der Waals surface area contributed by atoms with Crippen LogP contribution < -0.4 is 0 Å². The number of pyridine rings is 1. The molecule has 27 heavy (non-hydrogen) atoms. The van der Waals surface area contributed by atoms with E-state index in [2.05, 4.69) is 24.1 Å². The van der Waals surface area contributed by atoms with Gasteiger partial charge in [-0.25, -0.2) is 0 Å². The Kier molecular flexibility index (Phi) is 4.48. The number of allylic oxidation sites excluding steroid dienone is 2. The molecule has 2 saturated carbocycles. The highest BCUT2D eigenvalue weighted by Crippen LogP contribution is 2.64. The fourth-order valence-electron chi connectivity index (χ4n) is 6.50. The number of ketones is 1. The summed E-state index contributed by atoms with van der Waals surface area (Å²) in [6, 6.07) is 4.15. The largest absolute Gasteiger partial charge is 0.481 e. The van der Waals surface area contributed by atoms with E-state index in [1.54, 1.807) is 0 Å². The molecule has 4 nitrogen and oxygen atoms in total. The lowest BCUT2D eigenvalue weighted by Gasteiger charge is -2.55. The number of carboxylic acids is 1. The summed E-state index contributed by atoms with van der Waals surface area (Å²) >= 11 is 0. The molecule has 0 saturated heterocycles. The topological polar surface area (TPSA) is 67.3 Å². The molecule has 4 rings (SSSR count). The van der Waals surface area contributed by atoms with E-state index < -0.39 is 11.4 Å². The predicted octanol–water partition coefficient (Wildman–Crippen LogP) is 4.75. The second-order valence-corrected chi connectivity index (χ2v) is 9.20. The summed E-state index contributed by atoms with van der Waals surface area (Å²) in [7, 11) is 0. The van der Waals surface area contributed by atoms with Crippen molar-refractivity contribution in [2.24, 2.45) is 28.6 Å². The van der Waals surface area contributed by atoms with E-state index in [0.717, 1.165) is 25.7 Å². The molecule has 144 valence electrons. The Bertz CT molecular complexity index is 786. The van der Waals surface area contributed by atoms with Gasteiger partial charge in [0.1, 0.15) is 5.78 Å². The fraction of sp³-hybridized carbons (Fsp3) is 0.609. The quantitative estimate of drug-likeness (QED) is 0.834. The average Bonchev–Trinajstić information content (AvgIpc) is 3.01. The van der Waals surface area contributed by atoms with Gasteiger partial charge in [0.15, 0.2) is 0 Å². The van der Waals surface area contributed by atoms with Crippen molar-refractivity contribution in [1.82, 2.24) is 4.98 Å². The third-order valence-electron chi connectivity index (χ3n) is 8.01. The predicted molar refractivity (Wildman–Crippen MR) is 104 cm³/mol. The van der Waals surface area contributed by atoms with Crippen molar-refractivity contribution < 1.29 is 14.7 Å². The average molecular weight is 367 g/mol. The highest BCUT2D eigenvalue weighted by molar-refractivity contribution is 5.86. The first-order valence-electron chi connectivity index (χ1n) is 10.2. The lowest BCUT2D eigenvalue weighted by molar-refractivity contribution is -0.146. The molecule has 3 aliphatic rings. The second kappa shape index (κ2) is 6.57. The van der Waals surface area contributed by atoms with Crippen molar-refractivity contribution in [3.63, 3.8) is 0 Å². The second-order valence-electron chi connectivity index (χ2n) is 9.20. The van der Waals surface area contributed by atoms with Crippen LogP contribution in [0.2, 0.25) is 0 Å². The van der Waals surface area contributed by atoms with Gasteiger partial charge in [0.05, 0.1) is 0 Å². The summed E-state index contributed by atoms with van der Waals surface area (Å²) in [5.74, 6) is 0.854. The Hall–Kier alpha value is -1.97. The number of carboxylic acid groups (broad SMARTS) is 1. The molecule has 4 heteroatoms. The van der Waals surface area contributed by atoms with Crippen molar-refractivity contribution in [2.45, 2.75) is 58.8 Å². The highest BCUT2D eigenvalue weighted by Gasteiger charge is 2.57. The summed E-state index contributed by atoms with van der Waals surface area (Å²) in [6.45, 7) is 4.44. The van der Waals surface area contributed by atoms with Gasteiger partial charge in [-0.3, -0.25) is 14.6 Å². The molecule has 1 N–H and O–H groups in total. The van der Waals surface area contributed by atoms with Gasteiger partial charge in [0, 0.05) is 30.7 Å². The van der Waals surface area contributed by atoms with Crippen LogP contribution in [-0.2, 0) is 9.59 Å². The zero-order valence-electron chi connectivity index (χ0n) is 16.3. The Labute approximate surface area is 161 Å². The molecule has 0 aliphatic heterocycles. The highest BCUT2D eigenvalue weighted by atomic mass is 16.4. The third kappa shape index (κ3) is 2.84. The summed E-state index contributed by atoms with van der Waals surface area (Å²) in [5.41, 5.74) is 2.31. The van der Waals surface area contributed by atoms with Crippen molar-refractivity contribution in [3.05, 3.63) is 36.2 Å². The first-order chi connectivity index (χ1) is 12.9. The molecule has 1 aromatic heterocycles. The summed E-state index contributed by atoms with van der Waals surface area (Å²) in [4.78, 5) is 28.3.